The number of carbonyl (C=O) groups is 2. The monoisotopic (exact) mass is 330 g/mol. The molecule has 1 aromatic rings. The number of ether oxygens (including phenoxy) is 1. The van der Waals surface area contributed by atoms with Crippen LogP contribution in [-0.4, -0.2) is 57.3 Å². The first-order valence-electron chi connectivity index (χ1n) is 6.64. The SMILES string of the molecule is O=C(NC(CO)C(=O)O)Oc1cccc(CCCON(O)O)c1. The predicted molar refractivity (Wildman–Crippen MR) is 73.8 cm³/mol. The third-order valence-corrected chi connectivity index (χ3v) is 2.70. The van der Waals surface area contributed by atoms with Gasteiger partial charge in [-0.25, -0.2) is 9.59 Å². The number of aliphatic hydroxyl groups excluding tert-OH is 1. The number of nitrogens with zero attached hydrogens (tertiary/aromatic N) is 1. The third-order valence-electron chi connectivity index (χ3n) is 2.70. The molecule has 0 fully saturated rings. The highest BCUT2D eigenvalue weighted by Crippen LogP contribution is 2.15. The van der Waals surface area contributed by atoms with E-state index in [4.69, 9.17) is 25.4 Å². The van der Waals surface area contributed by atoms with Crippen molar-refractivity contribution in [3.63, 3.8) is 0 Å². The van der Waals surface area contributed by atoms with E-state index in [9.17, 15) is 9.59 Å². The molecule has 1 amide bonds. The van der Waals surface area contributed by atoms with E-state index in [1.807, 2.05) is 5.32 Å². The Morgan fingerprint density at radius 1 is 1.30 bits per heavy atom. The van der Waals surface area contributed by atoms with E-state index >= 15 is 0 Å². The van der Waals surface area contributed by atoms with Gasteiger partial charge >= 0.3 is 12.1 Å². The number of nitrogens with one attached hydrogen (secondary N) is 1. The second kappa shape index (κ2) is 9.71. The maximum atomic E-state index is 11.5. The highest BCUT2D eigenvalue weighted by atomic mass is 17.1. The highest BCUT2D eigenvalue weighted by molar-refractivity contribution is 5.80. The molecule has 5 N–H and O–H groups in total. The van der Waals surface area contributed by atoms with Crippen LogP contribution in [0.2, 0.25) is 0 Å². The normalized spacial score (nSPS) is 12.0. The van der Waals surface area contributed by atoms with Gasteiger partial charge in [0.25, 0.3) is 0 Å². The molecule has 128 valence electrons. The number of carboxylic acid groups (broad SMARTS) is 1. The van der Waals surface area contributed by atoms with Crippen molar-refractivity contribution in [1.82, 2.24) is 10.7 Å². The van der Waals surface area contributed by atoms with Crippen LogP contribution in [0, 0.1) is 0 Å². The van der Waals surface area contributed by atoms with Gasteiger partial charge in [-0.15, -0.1) is 0 Å². The van der Waals surface area contributed by atoms with Gasteiger partial charge in [-0.2, -0.15) is 0 Å². The van der Waals surface area contributed by atoms with Crippen molar-refractivity contribution in [3.05, 3.63) is 29.8 Å². The molecule has 1 unspecified atom stereocenters. The van der Waals surface area contributed by atoms with E-state index in [-0.39, 0.29) is 17.7 Å². The minimum absolute atomic E-state index is 0.0787. The number of carbonyl (C=O) groups excluding carboxylic acids is 1. The first-order chi connectivity index (χ1) is 10.9. The van der Waals surface area contributed by atoms with E-state index in [2.05, 4.69) is 4.84 Å². The summed E-state index contributed by atoms with van der Waals surface area (Å²) < 4.78 is 4.94. The van der Waals surface area contributed by atoms with Gasteiger partial charge in [0.15, 0.2) is 6.04 Å². The van der Waals surface area contributed by atoms with Crippen LogP contribution in [0.15, 0.2) is 24.3 Å². The molecule has 0 aliphatic heterocycles. The summed E-state index contributed by atoms with van der Waals surface area (Å²) in [7, 11) is 0. The maximum absolute atomic E-state index is 11.5. The number of aliphatic carboxylic acids is 1. The Bertz CT molecular complexity index is 522. The Morgan fingerprint density at radius 2 is 2.04 bits per heavy atom. The quantitative estimate of drug-likeness (QED) is 0.315. The van der Waals surface area contributed by atoms with Gasteiger partial charge in [0.1, 0.15) is 5.75 Å². The van der Waals surface area contributed by atoms with Crippen molar-refractivity contribution in [1.29, 1.82) is 0 Å². The summed E-state index contributed by atoms with van der Waals surface area (Å²) in [5, 5.41) is 35.9. The third kappa shape index (κ3) is 7.54. The molecular weight excluding hydrogens is 312 g/mol. The number of benzene rings is 1. The number of hydrogen-bond acceptors (Lipinski definition) is 8. The van der Waals surface area contributed by atoms with Gasteiger partial charge in [0, 0.05) is 0 Å². The van der Waals surface area contributed by atoms with Crippen LogP contribution in [0.5, 0.6) is 5.75 Å². The second-order valence-corrected chi connectivity index (χ2v) is 4.44. The summed E-state index contributed by atoms with van der Waals surface area (Å²) in [4.78, 5) is 26.6. The van der Waals surface area contributed by atoms with Crippen LogP contribution in [0.25, 0.3) is 0 Å². The van der Waals surface area contributed by atoms with Crippen molar-refractivity contribution >= 4 is 12.1 Å². The largest absolute Gasteiger partial charge is 0.480 e. The molecule has 1 rings (SSSR count). The first-order valence-corrected chi connectivity index (χ1v) is 6.64. The molecule has 1 aromatic carbocycles. The number of carboxylic acids is 1. The average molecular weight is 330 g/mol. The Morgan fingerprint density at radius 3 is 2.65 bits per heavy atom. The minimum atomic E-state index is -1.44. The summed E-state index contributed by atoms with van der Waals surface area (Å²) in [6.45, 7) is -0.674. The Hall–Kier alpha value is -2.24. The number of amides is 1. The lowest BCUT2D eigenvalue weighted by atomic mass is 10.1. The van der Waals surface area contributed by atoms with Crippen molar-refractivity contribution in [2.45, 2.75) is 18.9 Å². The van der Waals surface area contributed by atoms with E-state index in [1.54, 1.807) is 18.2 Å². The van der Waals surface area contributed by atoms with E-state index < -0.39 is 24.7 Å². The molecule has 0 heterocycles. The van der Waals surface area contributed by atoms with Gasteiger partial charge in [-0.05, 0) is 30.5 Å². The molecule has 0 spiro atoms. The second-order valence-electron chi connectivity index (χ2n) is 4.44. The van der Waals surface area contributed by atoms with E-state index in [1.165, 1.54) is 6.07 Å². The fourth-order valence-corrected chi connectivity index (χ4v) is 1.65. The number of aliphatic hydroxyl groups is 1. The molecule has 23 heavy (non-hydrogen) atoms. The van der Waals surface area contributed by atoms with Gasteiger partial charge in [0.2, 0.25) is 0 Å². The van der Waals surface area contributed by atoms with Crippen molar-refractivity contribution in [3.8, 4) is 5.75 Å². The van der Waals surface area contributed by atoms with Crippen LogP contribution >= 0.6 is 0 Å². The molecule has 0 aromatic heterocycles. The van der Waals surface area contributed by atoms with Gasteiger partial charge in [-0.3, -0.25) is 15.3 Å². The zero-order chi connectivity index (χ0) is 17.2. The Balaban J connectivity index is 2.49. The summed E-state index contributed by atoms with van der Waals surface area (Å²) in [5.74, 6) is -1.17. The van der Waals surface area contributed by atoms with Crippen LogP contribution in [0.1, 0.15) is 12.0 Å². The van der Waals surface area contributed by atoms with Crippen molar-refractivity contribution < 1.29 is 39.8 Å². The summed E-state index contributed by atoms with van der Waals surface area (Å²) in [5.41, 5.74) is 0.804. The van der Waals surface area contributed by atoms with Crippen molar-refractivity contribution in [2.75, 3.05) is 13.2 Å². The predicted octanol–water partition coefficient (Wildman–Crippen LogP) is 0.165. The molecule has 0 saturated heterocycles. The maximum Gasteiger partial charge on any atom is 0.413 e. The van der Waals surface area contributed by atoms with E-state index in [0.717, 1.165) is 5.56 Å². The molecule has 10 heteroatoms. The smallest absolute Gasteiger partial charge is 0.413 e. The Labute approximate surface area is 131 Å². The lowest BCUT2D eigenvalue weighted by Crippen LogP contribution is -2.44. The summed E-state index contributed by atoms with van der Waals surface area (Å²) in [6, 6.07) is 5.06. The highest BCUT2D eigenvalue weighted by Gasteiger charge is 2.19. The topological polar surface area (TPSA) is 149 Å². The lowest BCUT2D eigenvalue weighted by Gasteiger charge is -2.12. The summed E-state index contributed by atoms with van der Waals surface area (Å²) >= 11 is 0. The molecule has 0 radical (unpaired) electrons. The fourth-order valence-electron chi connectivity index (χ4n) is 1.65. The average Bonchev–Trinajstić information content (AvgIpc) is 2.49. The zero-order valence-electron chi connectivity index (χ0n) is 12.1. The first kappa shape index (κ1) is 18.8. The van der Waals surface area contributed by atoms with Crippen LogP contribution in [0.3, 0.4) is 0 Å². The Kier molecular flexibility index (Phi) is 7.94. The molecule has 10 nitrogen and oxygen atoms in total. The molecule has 0 bridgehead atoms. The van der Waals surface area contributed by atoms with Crippen LogP contribution in [-0.2, 0) is 16.1 Å². The lowest BCUT2D eigenvalue weighted by molar-refractivity contribution is -0.492. The fraction of sp³-hybridized carbons (Fsp3) is 0.385. The minimum Gasteiger partial charge on any atom is -0.480 e. The van der Waals surface area contributed by atoms with Gasteiger partial charge in [0.05, 0.1) is 18.6 Å². The molecule has 0 aliphatic carbocycles. The number of aryl methyl sites for hydroxylation is 1. The molecule has 1 atom stereocenters. The van der Waals surface area contributed by atoms with Gasteiger partial charge < -0.3 is 20.3 Å². The van der Waals surface area contributed by atoms with Crippen LogP contribution in [0.4, 0.5) is 4.79 Å². The van der Waals surface area contributed by atoms with Crippen molar-refractivity contribution in [2.24, 2.45) is 0 Å². The number of rotatable bonds is 9. The van der Waals surface area contributed by atoms with E-state index in [0.29, 0.717) is 12.8 Å². The standard InChI is InChI=1S/C13H18N2O8/c16-8-11(12(17)18)14-13(19)23-10-5-1-3-9(7-10)4-2-6-22-15(20)21/h1,3,5,7,11,16,20-21H,2,4,6,8H2,(H,14,19)(H,17,18). The zero-order valence-corrected chi connectivity index (χ0v) is 12.1. The van der Waals surface area contributed by atoms with Crippen LogP contribution < -0.4 is 10.1 Å². The molecule has 0 saturated carbocycles. The number of hydrogen-bond donors (Lipinski definition) is 5. The van der Waals surface area contributed by atoms with Gasteiger partial charge in [-0.1, -0.05) is 12.1 Å². The molecular formula is C13H18N2O8. The molecule has 0 aliphatic rings. The summed E-state index contributed by atoms with van der Waals surface area (Å²) in [6.07, 6.45) is 0.0167.